The zero-order chi connectivity index (χ0) is 21.9. The van der Waals surface area contributed by atoms with Crippen molar-refractivity contribution < 1.29 is 9.53 Å². The lowest BCUT2D eigenvalue weighted by atomic mass is 9.79. The van der Waals surface area contributed by atoms with Gasteiger partial charge in [0.15, 0.2) is 0 Å². The van der Waals surface area contributed by atoms with Gasteiger partial charge in [-0.1, -0.05) is 69.3 Å². The maximum atomic E-state index is 12.4. The van der Waals surface area contributed by atoms with Crippen LogP contribution in [0.2, 0.25) is 0 Å². The molecule has 0 heterocycles. The average Bonchev–Trinajstić information content (AvgIpc) is 3.03. The third-order valence-electron chi connectivity index (χ3n) is 7.38. The minimum absolute atomic E-state index is 0.0887. The molecular formula is C28H38O2. The van der Waals surface area contributed by atoms with E-state index in [0.717, 1.165) is 37.5 Å². The Hall–Kier alpha value is -2.09. The highest BCUT2D eigenvalue weighted by molar-refractivity contribution is 5.76. The molecule has 2 aromatic carbocycles. The number of carbonyl (C=O) groups excluding carboxylic acids is 1. The molecule has 0 spiro atoms. The molecule has 2 aliphatic carbocycles. The molecule has 0 fully saturated rings. The van der Waals surface area contributed by atoms with Crippen molar-refractivity contribution in [3.05, 3.63) is 70.8 Å². The lowest BCUT2D eigenvalue weighted by molar-refractivity contribution is -0.171. The van der Waals surface area contributed by atoms with Crippen LogP contribution >= 0.6 is 0 Å². The van der Waals surface area contributed by atoms with E-state index in [1.165, 1.54) is 17.5 Å². The molecule has 0 amide bonds. The molecule has 2 aromatic rings. The van der Waals surface area contributed by atoms with E-state index < -0.39 is 11.0 Å². The third-order valence-corrected chi connectivity index (χ3v) is 7.38. The zero-order valence-electron chi connectivity index (χ0n) is 19.6. The molecule has 0 aliphatic heterocycles. The fourth-order valence-corrected chi connectivity index (χ4v) is 4.59. The van der Waals surface area contributed by atoms with Crippen molar-refractivity contribution in [1.29, 1.82) is 0 Å². The first-order valence-electron chi connectivity index (χ1n) is 11.6. The fourth-order valence-electron chi connectivity index (χ4n) is 4.59. The number of carbonyl (C=O) groups is 1. The van der Waals surface area contributed by atoms with Crippen LogP contribution in [-0.2, 0) is 28.0 Å². The van der Waals surface area contributed by atoms with Crippen LogP contribution in [0.4, 0.5) is 0 Å². The van der Waals surface area contributed by atoms with Crippen LogP contribution in [0.25, 0.3) is 0 Å². The van der Waals surface area contributed by atoms with Gasteiger partial charge in [0.2, 0.25) is 0 Å². The summed E-state index contributed by atoms with van der Waals surface area (Å²) in [7, 11) is 0. The maximum absolute atomic E-state index is 12.4. The molecule has 0 saturated carbocycles. The summed E-state index contributed by atoms with van der Waals surface area (Å²) in [4.78, 5) is 12.4. The van der Waals surface area contributed by atoms with Crippen LogP contribution in [0.5, 0.6) is 0 Å². The second-order valence-electron chi connectivity index (χ2n) is 10.0. The Morgan fingerprint density at radius 1 is 1.07 bits per heavy atom. The number of esters is 1. The van der Waals surface area contributed by atoms with Gasteiger partial charge in [-0.2, -0.15) is 0 Å². The molecule has 0 radical (unpaired) electrons. The molecule has 0 saturated heterocycles. The van der Waals surface area contributed by atoms with Crippen molar-refractivity contribution in [3.63, 3.8) is 0 Å². The van der Waals surface area contributed by atoms with Crippen molar-refractivity contribution in [2.24, 2.45) is 11.3 Å². The first-order valence-corrected chi connectivity index (χ1v) is 11.6. The van der Waals surface area contributed by atoms with Crippen LogP contribution in [0.3, 0.4) is 0 Å². The molecular weight excluding hydrogens is 368 g/mol. The number of hydrogen-bond acceptors (Lipinski definition) is 2. The monoisotopic (exact) mass is 406 g/mol. The molecule has 3 unspecified atom stereocenters. The van der Waals surface area contributed by atoms with Crippen LogP contribution in [0.1, 0.15) is 89.0 Å². The Morgan fingerprint density at radius 2 is 1.70 bits per heavy atom. The second-order valence-corrected chi connectivity index (χ2v) is 10.0. The summed E-state index contributed by atoms with van der Waals surface area (Å²) in [6.07, 6.45) is 5.14. The highest BCUT2D eigenvalue weighted by Crippen LogP contribution is 2.40. The summed E-state index contributed by atoms with van der Waals surface area (Å²) < 4.78 is 5.92. The van der Waals surface area contributed by atoms with E-state index in [2.05, 4.69) is 63.2 Å². The molecule has 162 valence electrons. The van der Waals surface area contributed by atoms with Crippen LogP contribution in [0.15, 0.2) is 48.5 Å². The first kappa shape index (κ1) is 22.6. The number of fused-ring (bicyclic) bond motifs is 2. The Labute approximate surface area is 183 Å². The summed E-state index contributed by atoms with van der Waals surface area (Å²) in [6.45, 7) is 12.6. The van der Waals surface area contributed by atoms with Crippen molar-refractivity contribution in [3.8, 4) is 0 Å². The fraction of sp³-hybridized carbons (Fsp3) is 0.536. The highest BCUT2D eigenvalue weighted by Gasteiger charge is 2.39. The van der Waals surface area contributed by atoms with E-state index in [0.29, 0.717) is 0 Å². The lowest BCUT2D eigenvalue weighted by Crippen LogP contribution is -2.38. The van der Waals surface area contributed by atoms with Gasteiger partial charge in [0.05, 0.1) is 5.41 Å². The highest BCUT2D eigenvalue weighted by atomic mass is 16.6. The lowest BCUT2D eigenvalue weighted by Gasteiger charge is -2.37. The standard InChI is InChI=1S/C17H24O2.C11H14/c1-5-16(2,3)15(18)19-17(4)12-8-10-13-9-6-7-11-14(13)17;1-8-7-10-5-3-4-6-11(10)9(8)2/h6-7,9,11H,5,8,10,12H2,1-4H3;3-6,8-9H,7H2,1-2H3. The molecule has 2 nitrogen and oxygen atoms in total. The Kier molecular flexibility index (Phi) is 6.75. The SMILES string of the molecule is CC1Cc2ccccc2C1C.CCC(C)(C)C(=O)OC1(C)CCCc2ccccc21. The van der Waals surface area contributed by atoms with Gasteiger partial charge in [0.25, 0.3) is 0 Å². The minimum Gasteiger partial charge on any atom is -0.454 e. The van der Waals surface area contributed by atoms with E-state index in [1.807, 2.05) is 26.8 Å². The quantitative estimate of drug-likeness (QED) is 0.504. The number of ether oxygens (including phenoxy) is 1. The van der Waals surface area contributed by atoms with Gasteiger partial charge in [0.1, 0.15) is 5.60 Å². The number of benzene rings is 2. The summed E-state index contributed by atoms with van der Waals surface area (Å²) in [5, 5.41) is 0. The van der Waals surface area contributed by atoms with Crippen molar-refractivity contribution in [2.75, 3.05) is 0 Å². The summed E-state index contributed by atoms with van der Waals surface area (Å²) in [5.74, 6) is 1.52. The molecule has 0 aromatic heterocycles. The van der Waals surface area contributed by atoms with Crippen LogP contribution in [-0.4, -0.2) is 5.97 Å². The van der Waals surface area contributed by atoms with E-state index in [-0.39, 0.29) is 5.97 Å². The summed E-state index contributed by atoms with van der Waals surface area (Å²) in [6, 6.07) is 17.1. The Morgan fingerprint density at radius 3 is 2.37 bits per heavy atom. The molecule has 2 aliphatic rings. The van der Waals surface area contributed by atoms with Gasteiger partial charge >= 0.3 is 5.97 Å². The zero-order valence-corrected chi connectivity index (χ0v) is 19.6. The summed E-state index contributed by atoms with van der Waals surface area (Å²) in [5.41, 5.74) is 4.76. The van der Waals surface area contributed by atoms with Gasteiger partial charge in [-0.05, 0) is 87.0 Å². The molecule has 30 heavy (non-hydrogen) atoms. The van der Waals surface area contributed by atoms with E-state index in [9.17, 15) is 4.79 Å². The average molecular weight is 407 g/mol. The van der Waals surface area contributed by atoms with Crippen molar-refractivity contribution in [1.82, 2.24) is 0 Å². The smallest absolute Gasteiger partial charge is 0.312 e. The predicted octanol–water partition coefficient (Wildman–Crippen LogP) is 7.20. The number of hydrogen-bond donors (Lipinski definition) is 0. The van der Waals surface area contributed by atoms with Crippen LogP contribution < -0.4 is 0 Å². The largest absolute Gasteiger partial charge is 0.454 e. The first-order chi connectivity index (χ1) is 14.2. The van der Waals surface area contributed by atoms with E-state index >= 15 is 0 Å². The topological polar surface area (TPSA) is 26.3 Å². The van der Waals surface area contributed by atoms with Gasteiger partial charge in [-0.3, -0.25) is 4.79 Å². The Bertz CT molecular complexity index is 882. The molecule has 3 atom stereocenters. The third kappa shape index (κ3) is 4.63. The van der Waals surface area contributed by atoms with Gasteiger partial charge < -0.3 is 4.74 Å². The van der Waals surface area contributed by atoms with Gasteiger partial charge in [0, 0.05) is 0 Å². The van der Waals surface area contributed by atoms with Crippen molar-refractivity contribution in [2.45, 2.75) is 85.2 Å². The van der Waals surface area contributed by atoms with Crippen molar-refractivity contribution >= 4 is 5.97 Å². The van der Waals surface area contributed by atoms with Crippen LogP contribution in [0, 0.1) is 11.3 Å². The molecule has 0 N–H and O–H groups in total. The maximum Gasteiger partial charge on any atom is 0.312 e. The number of rotatable bonds is 3. The van der Waals surface area contributed by atoms with E-state index in [1.54, 1.807) is 11.1 Å². The minimum atomic E-state index is -0.460. The Balaban J connectivity index is 0.000000196. The summed E-state index contributed by atoms with van der Waals surface area (Å²) >= 11 is 0. The molecule has 2 heteroatoms. The van der Waals surface area contributed by atoms with Gasteiger partial charge in [-0.15, -0.1) is 0 Å². The van der Waals surface area contributed by atoms with Gasteiger partial charge in [-0.25, -0.2) is 0 Å². The number of aryl methyl sites for hydroxylation is 1. The normalized spacial score (nSPS) is 24.9. The van der Waals surface area contributed by atoms with E-state index in [4.69, 9.17) is 4.74 Å². The second kappa shape index (κ2) is 8.96. The molecule has 0 bridgehead atoms. The molecule has 4 rings (SSSR count). The predicted molar refractivity (Wildman–Crippen MR) is 125 cm³/mol.